The second-order valence-corrected chi connectivity index (χ2v) is 8.12. The molecule has 154 valence electrons. The standard InChI is InChI=1S/C19H20F2N4O3S/c1-12(2)18-19(29(26,27)28-16-8-14(20)7-15(21)9-16)25(17(10-22)24-18)11-13-3-5-23-6-4-13/h3-9,12H,10-11,22H2,1-2H3. The van der Waals surface area contributed by atoms with Crippen LogP contribution in [0.5, 0.6) is 5.75 Å². The number of halogens is 2. The number of pyridine rings is 1. The highest BCUT2D eigenvalue weighted by atomic mass is 32.2. The van der Waals surface area contributed by atoms with Crippen LogP contribution in [0.1, 0.15) is 36.8 Å². The fourth-order valence-corrected chi connectivity index (χ4v) is 4.28. The van der Waals surface area contributed by atoms with E-state index in [0.717, 1.165) is 17.7 Å². The lowest BCUT2D eigenvalue weighted by atomic mass is 10.1. The van der Waals surface area contributed by atoms with Crippen LogP contribution in [0.2, 0.25) is 0 Å². The van der Waals surface area contributed by atoms with E-state index in [2.05, 4.69) is 9.97 Å². The van der Waals surface area contributed by atoms with Gasteiger partial charge in [-0.1, -0.05) is 13.8 Å². The van der Waals surface area contributed by atoms with Crippen LogP contribution < -0.4 is 9.92 Å². The number of hydrogen-bond acceptors (Lipinski definition) is 6. The van der Waals surface area contributed by atoms with E-state index in [1.165, 1.54) is 4.57 Å². The maximum atomic E-state index is 13.5. The van der Waals surface area contributed by atoms with Gasteiger partial charge in [0.2, 0.25) is 0 Å². The number of rotatable bonds is 7. The van der Waals surface area contributed by atoms with Crippen molar-refractivity contribution >= 4 is 10.1 Å². The van der Waals surface area contributed by atoms with Crippen molar-refractivity contribution in [2.45, 2.75) is 37.9 Å². The van der Waals surface area contributed by atoms with E-state index < -0.39 is 27.5 Å². The zero-order chi connectivity index (χ0) is 21.2. The van der Waals surface area contributed by atoms with Crippen molar-refractivity contribution in [3.05, 3.63) is 71.4 Å². The first-order valence-electron chi connectivity index (χ1n) is 8.80. The zero-order valence-corrected chi connectivity index (χ0v) is 16.7. The summed E-state index contributed by atoms with van der Waals surface area (Å²) in [4.78, 5) is 8.33. The third-order valence-electron chi connectivity index (χ3n) is 4.12. The molecule has 10 heteroatoms. The molecule has 0 spiro atoms. The summed E-state index contributed by atoms with van der Waals surface area (Å²) in [5.41, 5.74) is 6.83. The first-order valence-corrected chi connectivity index (χ1v) is 10.2. The molecule has 0 atom stereocenters. The van der Waals surface area contributed by atoms with E-state index >= 15 is 0 Å². The number of benzene rings is 1. The molecule has 2 aromatic heterocycles. The highest BCUT2D eigenvalue weighted by molar-refractivity contribution is 7.87. The third kappa shape index (κ3) is 4.60. The molecule has 0 aliphatic rings. The fourth-order valence-electron chi connectivity index (χ4n) is 2.87. The summed E-state index contributed by atoms with van der Waals surface area (Å²) in [6, 6.07) is 5.68. The number of imidazole rings is 1. The average molecular weight is 422 g/mol. The summed E-state index contributed by atoms with van der Waals surface area (Å²) in [5.74, 6) is -2.29. The molecule has 29 heavy (non-hydrogen) atoms. The Bertz CT molecular complexity index is 1100. The summed E-state index contributed by atoms with van der Waals surface area (Å²) in [6.07, 6.45) is 3.16. The van der Waals surface area contributed by atoms with E-state index in [0.29, 0.717) is 11.9 Å². The quantitative estimate of drug-likeness (QED) is 0.588. The largest absolute Gasteiger partial charge is 0.378 e. The van der Waals surface area contributed by atoms with Crippen LogP contribution in [-0.4, -0.2) is 23.0 Å². The smallest absolute Gasteiger partial charge is 0.357 e. The number of nitrogens with zero attached hydrogens (tertiary/aromatic N) is 3. The minimum absolute atomic E-state index is 0.00504. The van der Waals surface area contributed by atoms with Gasteiger partial charge in [0.15, 0.2) is 5.03 Å². The van der Waals surface area contributed by atoms with E-state index in [4.69, 9.17) is 9.92 Å². The predicted octanol–water partition coefficient (Wildman–Crippen LogP) is 2.95. The molecule has 0 saturated carbocycles. The van der Waals surface area contributed by atoms with Crippen LogP contribution in [0.25, 0.3) is 0 Å². The number of aromatic nitrogens is 3. The summed E-state index contributed by atoms with van der Waals surface area (Å²) >= 11 is 0. The van der Waals surface area contributed by atoms with Crippen LogP contribution >= 0.6 is 0 Å². The van der Waals surface area contributed by atoms with Gasteiger partial charge in [0.05, 0.1) is 18.8 Å². The van der Waals surface area contributed by atoms with Crippen molar-refractivity contribution in [3.63, 3.8) is 0 Å². The Hall–Kier alpha value is -2.85. The highest BCUT2D eigenvalue weighted by Crippen LogP contribution is 2.29. The lowest BCUT2D eigenvalue weighted by Gasteiger charge is -2.14. The molecule has 7 nitrogen and oxygen atoms in total. The van der Waals surface area contributed by atoms with Crippen LogP contribution in [0.3, 0.4) is 0 Å². The van der Waals surface area contributed by atoms with Gasteiger partial charge in [0.25, 0.3) is 0 Å². The molecule has 0 aliphatic heterocycles. The van der Waals surface area contributed by atoms with Gasteiger partial charge in [-0.3, -0.25) is 4.98 Å². The normalized spacial score (nSPS) is 11.8. The topological polar surface area (TPSA) is 100 Å². The molecule has 0 fully saturated rings. The molecule has 0 radical (unpaired) electrons. The Balaban J connectivity index is 2.13. The molecule has 0 saturated heterocycles. The molecule has 0 aliphatic carbocycles. The van der Waals surface area contributed by atoms with Crippen molar-refractivity contribution < 1.29 is 21.4 Å². The third-order valence-corrected chi connectivity index (χ3v) is 5.44. The lowest BCUT2D eigenvalue weighted by Crippen LogP contribution is -2.20. The SMILES string of the molecule is CC(C)c1nc(CN)n(Cc2ccncc2)c1S(=O)(=O)Oc1cc(F)cc(F)c1. The molecule has 3 rings (SSSR count). The summed E-state index contributed by atoms with van der Waals surface area (Å²) in [7, 11) is -4.47. The van der Waals surface area contributed by atoms with Gasteiger partial charge >= 0.3 is 10.1 Å². The first kappa shape index (κ1) is 20.9. The minimum atomic E-state index is -4.47. The van der Waals surface area contributed by atoms with Crippen LogP contribution in [0.4, 0.5) is 8.78 Å². The molecule has 0 unspecified atom stereocenters. The number of hydrogen-bond donors (Lipinski definition) is 1. The van der Waals surface area contributed by atoms with Gasteiger partial charge in [0, 0.05) is 30.6 Å². The van der Waals surface area contributed by atoms with Crippen LogP contribution in [0.15, 0.2) is 47.8 Å². The summed E-state index contributed by atoms with van der Waals surface area (Å²) in [5, 5.41) is -0.200. The van der Waals surface area contributed by atoms with Gasteiger partial charge in [-0.2, -0.15) is 8.42 Å². The highest BCUT2D eigenvalue weighted by Gasteiger charge is 2.31. The average Bonchev–Trinajstić information content (AvgIpc) is 3.01. The van der Waals surface area contributed by atoms with Gasteiger partial charge in [-0.05, 0) is 23.6 Å². The molecule has 0 amide bonds. The monoisotopic (exact) mass is 422 g/mol. The van der Waals surface area contributed by atoms with Gasteiger partial charge in [0.1, 0.15) is 23.2 Å². The second-order valence-electron chi connectivity index (χ2n) is 6.66. The minimum Gasteiger partial charge on any atom is -0.378 e. The van der Waals surface area contributed by atoms with Crippen LogP contribution in [-0.2, 0) is 23.2 Å². The van der Waals surface area contributed by atoms with Gasteiger partial charge in [-0.25, -0.2) is 13.8 Å². The van der Waals surface area contributed by atoms with E-state index in [1.54, 1.807) is 38.4 Å². The van der Waals surface area contributed by atoms with Gasteiger partial charge < -0.3 is 14.5 Å². The molecule has 2 heterocycles. The Morgan fingerprint density at radius 2 is 1.76 bits per heavy atom. The Kier molecular flexibility index (Phi) is 5.94. The fraction of sp³-hybridized carbons (Fsp3) is 0.263. The van der Waals surface area contributed by atoms with Crippen molar-refractivity contribution in [3.8, 4) is 5.75 Å². The Morgan fingerprint density at radius 1 is 1.14 bits per heavy atom. The van der Waals surface area contributed by atoms with E-state index in [1.807, 2.05) is 0 Å². The molecule has 0 bridgehead atoms. The zero-order valence-electron chi connectivity index (χ0n) is 15.8. The summed E-state index contributed by atoms with van der Waals surface area (Å²) in [6.45, 7) is 3.71. The van der Waals surface area contributed by atoms with E-state index in [-0.39, 0.29) is 29.7 Å². The molecule has 1 aromatic carbocycles. The van der Waals surface area contributed by atoms with Gasteiger partial charge in [-0.15, -0.1) is 0 Å². The van der Waals surface area contributed by atoms with Crippen molar-refractivity contribution in [2.75, 3.05) is 0 Å². The molecular weight excluding hydrogens is 402 g/mol. The molecular formula is C19H20F2N4O3S. The Morgan fingerprint density at radius 3 is 2.31 bits per heavy atom. The molecule has 3 aromatic rings. The predicted molar refractivity (Wildman–Crippen MR) is 102 cm³/mol. The van der Waals surface area contributed by atoms with Crippen molar-refractivity contribution in [1.82, 2.24) is 14.5 Å². The molecule has 2 N–H and O–H groups in total. The van der Waals surface area contributed by atoms with E-state index in [9.17, 15) is 17.2 Å². The Labute approximate surface area is 167 Å². The first-order chi connectivity index (χ1) is 13.7. The lowest BCUT2D eigenvalue weighted by molar-refractivity contribution is 0.465. The van der Waals surface area contributed by atoms with Crippen molar-refractivity contribution in [2.24, 2.45) is 5.73 Å². The maximum Gasteiger partial charge on any atom is 0.357 e. The van der Waals surface area contributed by atoms with Crippen LogP contribution in [0, 0.1) is 11.6 Å². The van der Waals surface area contributed by atoms with Crippen molar-refractivity contribution in [1.29, 1.82) is 0 Å². The second kappa shape index (κ2) is 8.26. The maximum absolute atomic E-state index is 13.5. The number of nitrogens with two attached hydrogens (primary N) is 1. The summed E-state index contributed by atoms with van der Waals surface area (Å²) < 4.78 is 59.7.